The molecule has 0 saturated carbocycles. The predicted molar refractivity (Wildman–Crippen MR) is 73.5 cm³/mol. The molecule has 1 aromatic carbocycles. The molecule has 104 valence electrons. The molecule has 5 heteroatoms. The first-order valence-corrected chi connectivity index (χ1v) is 7.94. The van der Waals surface area contributed by atoms with Crippen molar-refractivity contribution in [1.29, 1.82) is 0 Å². The van der Waals surface area contributed by atoms with Crippen molar-refractivity contribution in [3.8, 4) is 0 Å². The Balaban J connectivity index is 2.43. The second-order valence-corrected chi connectivity index (χ2v) is 7.03. The van der Waals surface area contributed by atoms with Gasteiger partial charge in [0.05, 0.1) is 10.9 Å². The molecule has 0 aliphatic carbocycles. The Labute approximate surface area is 114 Å². The number of aryl methyl sites for hydroxylation is 2. The molecule has 1 fully saturated rings. The summed E-state index contributed by atoms with van der Waals surface area (Å²) in [4.78, 5) is 11.4. The van der Waals surface area contributed by atoms with E-state index in [9.17, 15) is 13.2 Å². The summed E-state index contributed by atoms with van der Waals surface area (Å²) in [5.74, 6) is 0. The van der Waals surface area contributed by atoms with Crippen molar-refractivity contribution >= 4 is 16.3 Å². The highest BCUT2D eigenvalue weighted by atomic mass is 32.2. The molecule has 1 aliphatic rings. The highest BCUT2D eigenvalue weighted by molar-refractivity contribution is 7.89. The fraction of sp³-hybridized carbons (Fsp3) is 0.500. The summed E-state index contributed by atoms with van der Waals surface area (Å²) < 4.78 is 26.6. The number of aldehydes is 1. The molecule has 0 N–H and O–H groups in total. The van der Waals surface area contributed by atoms with Gasteiger partial charge in [-0.25, -0.2) is 8.42 Å². The maximum Gasteiger partial charge on any atom is 0.243 e. The lowest BCUT2D eigenvalue weighted by molar-refractivity contribution is -0.111. The predicted octanol–water partition coefficient (Wildman–Crippen LogP) is 2.05. The molecule has 1 heterocycles. The lowest BCUT2D eigenvalue weighted by atomic mass is 10.1. The molecule has 1 unspecified atom stereocenters. The molecule has 0 radical (unpaired) electrons. The van der Waals surface area contributed by atoms with Crippen molar-refractivity contribution in [2.24, 2.45) is 0 Å². The second kappa shape index (κ2) is 5.43. The summed E-state index contributed by atoms with van der Waals surface area (Å²) in [5, 5.41) is 0. The summed E-state index contributed by atoms with van der Waals surface area (Å²) >= 11 is 0. The van der Waals surface area contributed by atoms with Gasteiger partial charge in [0.1, 0.15) is 6.29 Å². The fourth-order valence-electron chi connectivity index (χ4n) is 2.58. The minimum absolute atomic E-state index is 0.291. The topological polar surface area (TPSA) is 54.5 Å². The van der Waals surface area contributed by atoms with Gasteiger partial charge in [-0.3, -0.25) is 0 Å². The lowest BCUT2D eigenvalue weighted by Gasteiger charge is -2.31. The third-order valence-electron chi connectivity index (χ3n) is 3.46. The number of benzene rings is 1. The van der Waals surface area contributed by atoms with Gasteiger partial charge in [-0.1, -0.05) is 12.5 Å². The SMILES string of the molecule is Cc1cc(C)cc(S(=O)(=O)N2CCCCC2C=O)c1. The van der Waals surface area contributed by atoms with Crippen molar-refractivity contribution in [1.82, 2.24) is 4.31 Å². The largest absolute Gasteiger partial charge is 0.302 e. The lowest BCUT2D eigenvalue weighted by Crippen LogP contribution is -2.44. The number of rotatable bonds is 3. The van der Waals surface area contributed by atoms with Gasteiger partial charge in [-0.2, -0.15) is 4.31 Å². The minimum Gasteiger partial charge on any atom is -0.302 e. The molecular weight excluding hydrogens is 262 g/mol. The van der Waals surface area contributed by atoms with E-state index in [1.807, 2.05) is 19.9 Å². The van der Waals surface area contributed by atoms with E-state index in [2.05, 4.69) is 0 Å². The van der Waals surface area contributed by atoms with Gasteiger partial charge >= 0.3 is 0 Å². The number of hydrogen-bond donors (Lipinski definition) is 0. The summed E-state index contributed by atoms with van der Waals surface area (Å²) in [7, 11) is -3.57. The average Bonchev–Trinajstić information content (AvgIpc) is 2.37. The van der Waals surface area contributed by atoms with Crippen LogP contribution in [-0.2, 0) is 14.8 Å². The standard InChI is InChI=1S/C14H19NO3S/c1-11-7-12(2)9-14(8-11)19(17,18)15-6-4-3-5-13(15)10-16/h7-10,13H,3-6H2,1-2H3. The van der Waals surface area contributed by atoms with E-state index in [0.717, 1.165) is 30.3 Å². The first-order valence-electron chi connectivity index (χ1n) is 6.50. The first kappa shape index (κ1) is 14.2. The highest BCUT2D eigenvalue weighted by Crippen LogP contribution is 2.25. The summed E-state index contributed by atoms with van der Waals surface area (Å²) in [6.45, 7) is 4.18. The molecule has 19 heavy (non-hydrogen) atoms. The molecule has 0 amide bonds. The molecule has 4 nitrogen and oxygen atoms in total. The molecular formula is C14H19NO3S. The van der Waals surface area contributed by atoms with Crippen LogP contribution in [0.2, 0.25) is 0 Å². The summed E-state index contributed by atoms with van der Waals surface area (Å²) in [5.41, 5.74) is 1.83. The number of carbonyl (C=O) groups excluding carboxylic acids is 1. The Kier molecular flexibility index (Phi) is 4.06. The monoisotopic (exact) mass is 281 g/mol. The Hall–Kier alpha value is -1.20. The van der Waals surface area contributed by atoms with Gasteiger partial charge in [-0.05, 0) is 49.9 Å². The Morgan fingerprint density at radius 2 is 1.79 bits per heavy atom. The molecule has 0 spiro atoms. The maximum atomic E-state index is 12.6. The molecule has 1 saturated heterocycles. The normalized spacial score (nSPS) is 21.3. The third kappa shape index (κ3) is 2.87. The second-order valence-electron chi connectivity index (χ2n) is 5.14. The molecule has 0 aromatic heterocycles. The summed E-state index contributed by atoms with van der Waals surface area (Å²) in [6, 6.07) is 4.75. The molecule has 1 atom stereocenters. The zero-order valence-corrected chi connectivity index (χ0v) is 12.1. The van der Waals surface area contributed by atoms with Gasteiger partial charge in [0.2, 0.25) is 10.0 Å². The van der Waals surface area contributed by atoms with Gasteiger partial charge in [-0.15, -0.1) is 0 Å². The van der Waals surface area contributed by atoms with Crippen molar-refractivity contribution < 1.29 is 13.2 Å². The van der Waals surface area contributed by atoms with Crippen molar-refractivity contribution in [2.75, 3.05) is 6.54 Å². The number of sulfonamides is 1. The Morgan fingerprint density at radius 1 is 1.16 bits per heavy atom. The molecule has 1 aliphatic heterocycles. The van der Waals surface area contributed by atoms with Crippen molar-refractivity contribution in [3.63, 3.8) is 0 Å². The molecule has 2 rings (SSSR count). The average molecular weight is 281 g/mol. The molecule has 1 aromatic rings. The van der Waals surface area contributed by atoms with E-state index in [-0.39, 0.29) is 0 Å². The van der Waals surface area contributed by atoms with E-state index in [1.54, 1.807) is 12.1 Å². The third-order valence-corrected chi connectivity index (χ3v) is 5.36. The quantitative estimate of drug-likeness (QED) is 0.797. The zero-order valence-electron chi connectivity index (χ0n) is 11.3. The van der Waals surface area contributed by atoms with Crippen LogP contribution in [0.3, 0.4) is 0 Å². The van der Waals surface area contributed by atoms with Crippen LogP contribution in [0.4, 0.5) is 0 Å². The van der Waals surface area contributed by atoms with Gasteiger partial charge in [0.15, 0.2) is 0 Å². The van der Waals surface area contributed by atoms with Crippen LogP contribution >= 0.6 is 0 Å². The van der Waals surface area contributed by atoms with E-state index in [4.69, 9.17) is 0 Å². The highest BCUT2D eigenvalue weighted by Gasteiger charge is 2.33. The smallest absolute Gasteiger partial charge is 0.243 e. The number of piperidine rings is 1. The van der Waals surface area contributed by atoms with Crippen LogP contribution in [0.1, 0.15) is 30.4 Å². The summed E-state index contributed by atoms with van der Waals surface area (Å²) in [6.07, 6.45) is 3.09. The Bertz CT molecular complexity index is 560. The van der Waals surface area contributed by atoms with Crippen LogP contribution in [0.15, 0.2) is 23.1 Å². The fourth-order valence-corrected chi connectivity index (χ4v) is 4.40. The van der Waals surface area contributed by atoms with E-state index >= 15 is 0 Å². The van der Waals surface area contributed by atoms with E-state index < -0.39 is 16.1 Å². The van der Waals surface area contributed by atoms with Crippen LogP contribution < -0.4 is 0 Å². The first-order chi connectivity index (χ1) is 8.95. The Morgan fingerprint density at radius 3 is 2.37 bits per heavy atom. The van der Waals surface area contributed by atoms with Gasteiger partial charge in [0, 0.05) is 6.54 Å². The van der Waals surface area contributed by atoms with Crippen LogP contribution in [0, 0.1) is 13.8 Å². The number of carbonyl (C=O) groups is 1. The van der Waals surface area contributed by atoms with Crippen molar-refractivity contribution in [2.45, 2.75) is 44.0 Å². The van der Waals surface area contributed by atoms with E-state index in [0.29, 0.717) is 17.9 Å². The van der Waals surface area contributed by atoms with Crippen LogP contribution in [0.5, 0.6) is 0 Å². The van der Waals surface area contributed by atoms with E-state index in [1.165, 1.54) is 4.31 Å². The van der Waals surface area contributed by atoms with Gasteiger partial charge in [0.25, 0.3) is 0 Å². The maximum absolute atomic E-state index is 12.6. The zero-order chi connectivity index (χ0) is 14.0. The van der Waals surface area contributed by atoms with Gasteiger partial charge < -0.3 is 4.79 Å². The van der Waals surface area contributed by atoms with Crippen LogP contribution in [-0.4, -0.2) is 31.6 Å². The van der Waals surface area contributed by atoms with Crippen molar-refractivity contribution in [3.05, 3.63) is 29.3 Å². The minimum atomic E-state index is -3.57. The number of nitrogens with zero attached hydrogens (tertiary/aromatic N) is 1. The number of hydrogen-bond acceptors (Lipinski definition) is 3. The van der Waals surface area contributed by atoms with Crippen LogP contribution in [0.25, 0.3) is 0 Å². The molecule has 0 bridgehead atoms.